The standard InChI is InChI=1S/C13H14N2O3/c16-13(17)8-10-9-14-12(15-10)6-7-18-11-4-2-1-3-5-11/h1-5,9H,6-8H2,(H,14,15)(H,16,17). The lowest BCUT2D eigenvalue weighted by atomic mass is 10.3. The first kappa shape index (κ1) is 12.2. The van der Waals surface area contributed by atoms with E-state index in [2.05, 4.69) is 9.97 Å². The van der Waals surface area contributed by atoms with E-state index >= 15 is 0 Å². The van der Waals surface area contributed by atoms with E-state index in [4.69, 9.17) is 9.84 Å². The monoisotopic (exact) mass is 246 g/mol. The minimum absolute atomic E-state index is 0.0352. The van der Waals surface area contributed by atoms with Crippen LogP contribution in [0.1, 0.15) is 11.5 Å². The number of aromatic amines is 1. The second-order valence-corrected chi connectivity index (χ2v) is 3.84. The maximum atomic E-state index is 10.5. The van der Waals surface area contributed by atoms with Gasteiger partial charge in [-0.15, -0.1) is 0 Å². The molecule has 0 radical (unpaired) electrons. The van der Waals surface area contributed by atoms with Gasteiger partial charge in [0.05, 0.1) is 13.0 Å². The van der Waals surface area contributed by atoms with Crippen LogP contribution in [0, 0.1) is 0 Å². The van der Waals surface area contributed by atoms with E-state index in [1.165, 1.54) is 0 Å². The smallest absolute Gasteiger partial charge is 0.309 e. The third-order valence-electron chi connectivity index (χ3n) is 2.37. The van der Waals surface area contributed by atoms with Gasteiger partial charge in [0, 0.05) is 18.3 Å². The van der Waals surface area contributed by atoms with Crippen LogP contribution < -0.4 is 4.74 Å². The molecular weight excluding hydrogens is 232 g/mol. The predicted octanol–water partition coefficient (Wildman–Crippen LogP) is 1.66. The molecule has 94 valence electrons. The summed E-state index contributed by atoms with van der Waals surface area (Å²) in [5.74, 6) is 0.683. The lowest BCUT2D eigenvalue weighted by Crippen LogP contribution is -2.03. The minimum atomic E-state index is -0.870. The fourth-order valence-electron chi connectivity index (χ4n) is 1.57. The fourth-order valence-corrected chi connectivity index (χ4v) is 1.57. The van der Waals surface area contributed by atoms with Gasteiger partial charge in [0.2, 0.25) is 0 Å². The Morgan fingerprint density at radius 2 is 2.11 bits per heavy atom. The molecule has 0 spiro atoms. The van der Waals surface area contributed by atoms with Crippen LogP contribution in [0.4, 0.5) is 0 Å². The number of aromatic nitrogens is 2. The van der Waals surface area contributed by atoms with E-state index in [9.17, 15) is 4.79 Å². The van der Waals surface area contributed by atoms with Gasteiger partial charge in [-0.3, -0.25) is 4.79 Å². The van der Waals surface area contributed by atoms with E-state index in [1.54, 1.807) is 6.20 Å². The Balaban J connectivity index is 1.80. The van der Waals surface area contributed by atoms with Crippen molar-refractivity contribution >= 4 is 5.97 Å². The Bertz CT molecular complexity index is 508. The van der Waals surface area contributed by atoms with Crippen LogP contribution in [0.3, 0.4) is 0 Å². The summed E-state index contributed by atoms with van der Waals surface area (Å²) in [7, 11) is 0. The third-order valence-corrected chi connectivity index (χ3v) is 2.37. The number of aliphatic carboxylic acids is 1. The van der Waals surface area contributed by atoms with Crippen LogP contribution in [-0.2, 0) is 17.6 Å². The number of carboxylic acid groups (broad SMARTS) is 1. The van der Waals surface area contributed by atoms with Crippen molar-refractivity contribution in [2.45, 2.75) is 12.8 Å². The van der Waals surface area contributed by atoms with Gasteiger partial charge in [-0.25, -0.2) is 4.98 Å². The topological polar surface area (TPSA) is 75.2 Å². The molecule has 0 amide bonds. The summed E-state index contributed by atoms with van der Waals surface area (Å²) in [4.78, 5) is 17.6. The van der Waals surface area contributed by atoms with Crippen molar-refractivity contribution in [2.75, 3.05) is 6.61 Å². The predicted molar refractivity (Wildman–Crippen MR) is 65.6 cm³/mol. The number of carbonyl (C=O) groups is 1. The number of nitrogens with one attached hydrogen (secondary N) is 1. The maximum absolute atomic E-state index is 10.5. The van der Waals surface area contributed by atoms with E-state index in [0.29, 0.717) is 18.7 Å². The van der Waals surface area contributed by atoms with E-state index in [0.717, 1.165) is 11.6 Å². The Morgan fingerprint density at radius 3 is 2.83 bits per heavy atom. The summed E-state index contributed by atoms with van der Waals surface area (Å²) < 4.78 is 5.52. The number of carboxylic acids is 1. The summed E-state index contributed by atoms with van der Waals surface area (Å²) in [6.07, 6.45) is 2.13. The number of ether oxygens (including phenoxy) is 1. The van der Waals surface area contributed by atoms with Gasteiger partial charge in [0.1, 0.15) is 11.6 Å². The summed E-state index contributed by atoms with van der Waals surface area (Å²) >= 11 is 0. The molecule has 5 heteroatoms. The zero-order valence-corrected chi connectivity index (χ0v) is 9.80. The van der Waals surface area contributed by atoms with Crippen LogP contribution in [0.2, 0.25) is 0 Å². The summed E-state index contributed by atoms with van der Waals surface area (Å²) in [5, 5.41) is 8.63. The first-order valence-electron chi connectivity index (χ1n) is 5.66. The number of para-hydroxylation sites is 1. The zero-order valence-electron chi connectivity index (χ0n) is 9.80. The first-order chi connectivity index (χ1) is 8.74. The Hall–Kier alpha value is -2.30. The molecule has 1 aromatic heterocycles. The summed E-state index contributed by atoms with van der Waals surface area (Å²) in [6.45, 7) is 0.504. The molecule has 0 unspecified atom stereocenters. The quantitative estimate of drug-likeness (QED) is 0.812. The molecule has 0 aliphatic rings. The number of H-pyrrole nitrogens is 1. The SMILES string of the molecule is O=C(O)Cc1cnc(CCOc2ccccc2)[nH]1. The van der Waals surface area contributed by atoms with Crippen molar-refractivity contribution in [3.63, 3.8) is 0 Å². The average molecular weight is 246 g/mol. The number of benzene rings is 1. The molecule has 1 aromatic carbocycles. The van der Waals surface area contributed by atoms with Crippen LogP contribution in [0.25, 0.3) is 0 Å². The van der Waals surface area contributed by atoms with Gasteiger partial charge >= 0.3 is 5.97 Å². The number of hydrogen-bond donors (Lipinski definition) is 2. The van der Waals surface area contributed by atoms with Gasteiger partial charge in [-0.2, -0.15) is 0 Å². The second-order valence-electron chi connectivity index (χ2n) is 3.84. The average Bonchev–Trinajstić information content (AvgIpc) is 2.77. The number of rotatable bonds is 6. The largest absolute Gasteiger partial charge is 0.493 e. The van der Waals surface area contributed by atoms with Crippen molar-refractivity contribution in [3.05, 3.63) is 48.0 Å². The molecule has 0 fully saturated rings. The Morgan fingerprint density at radius 1 is 1.33 bits per heavy atom. The lowest BCUT2D eigenvalue weighted by molar-refractivity contribution is -0.136. The van der Waals surface area contributed by atoms with Crippen molar-refractivity contribution in [2.24, 2.45) is 0 Å². The van der Waals surface area contributed by atoms with Gasteiger partial charge in [0.15, 0.2) is 0 Å². The molecule has 0 saturated carbocycles. The van der Waals surface area contributed by atoms with Crippen molar-refractivity contribution in [1.82, 2.24) is 9.97 Å². The fraction of sp³-hybridized carbons (Fsp3) is 0.231. The summed E-state index contributed by atoms with van der Waals surface area (Å²) in [5.41, 5.74) is 0.609. The second kappa shape index (κ2) is 5.86. The number of nitrogens with zero attached hydrogens (tertiary/aromatic N) is 1. The minimum Gasteiger partial charge on any atom is -0.493 e. The van der Waals surface area contributed by atoms with Gasteiger partial charge in [0.25, 0.3) is 0 Å². The molecule has 2 aromatic rings. The van der Waals surface area contributed by atoms with Gasteiger partial charge in [-0.1, -0.05) is 18.2 Å². The van der Waals surface area contributed by atoms with Crippen LogP contribution in [0.5, 0.6) is 5.75 Å². The molecule has 2 N–H and O–H groups in total. The Labute approximate surface area is 104 Å². The maximum Gasteiger partial charge on any atom is 0.309 e. The van der Waals surface area contributed by atoms with Gasteiger partial charge in [-0.05, 0) is 12.1 Å². The molecule has 18 heavy (non-hydrogen) atoms. The van der Waals surface area contributed by atoms with E-state index in [1.807, 2.05) is 30.3 Å². The lowest BCUT2D eigenvalue weighted by Gasteiger charge is -2.03. The molecule has 0 aliphatic heterocycles. The van der Waals surface area contributed by atoms with Crippen LogP contribution in [0.15, 0.2) is 36.5 Å². The first-order valence-corrected chi connectivity index (χ1v) is 5.66. The van der Waals surface area contributed by atoms with E-state index < -0.39 is 5.97 Å². The number of imidazole rings is 1. The van der Waals surface area contributed by atoms with Crippen molar-refractivity contribution in [1.29, 1.82) is 0 Å². The van der Waals surface area contributed by atoms with Crippen LogP contribution >= 0.6 is 0 Å². The molecule has 0 atom stereocenters. The van der Waals surface area contributed by atoms with Crippen LogP contribution in [-0.4, -0.2) is 27.7 Å². The van der Waals surface area contributed by atoms with Crippen molar-refractivity contribution < 1.29 is 14.6 Å². The molecule has 2 rings (SSSR count). The third kappa shape index (κ3) is 3.62. The molecule has 1 heterocycles. The number of hydrogen-bond acceptors (Lipinski definition) is 3. The van der Waals surface area contributed by atoms with E-state index in [-0.39, 0.29) is 6.42 Å². The summed E-state index contributed by atoms with van der Waals surface area (Å²) in [6, 6.07) is 9.52. The molecular formula is C13H14N2O3. The van der Waals surface area contributed by atoms with Gasteiger partial charge < -0.3 is 14.8 Å². The molecule has 0 bridgehead atoms. The highest BCUT2D eigenvalue weighted by atomic mass is 16.5. The molecule has 0 saturated heterocycles. The Kier molecular flexibility index (Phi) is 3.96. The molecule has 0 aliphatic carbocycles. The highest BCUT2D eigenvalue weighted by molar-refractivity contribution is 5.69. The highest BCUT2D eigenvalue weighted by Crippen LogP contribution is 2.08. The zero-order chi connectivity index (χ0) is 12.8. The normalized spacial score (nSPS) is 10.2. The highest BCUT2D eigenvalue weighted by Gasteiger charge is 2.04. The van der Waals surface area contributed by atoms with Crippen molar-refractivity contribution in [3.8, 4) is 5.75 Å². The molecule has 5 nitrogen and oxygen atoms in total.